The van der Waals surface area contributed by atoms with Crippen LogP contribution in [-0.4, -0.2) is 49.3 Å². The lowest BCUT2D eigenvalue weighted by Crippen LogP contribution is -2.29. The lowest BCUT2D eigenvalue weighted by atomic mass is 9.87. The minimum atomic E-state index is -0.0136. The molecule has 1 aliphatic carbocycles. The molecule has 2 fully saturated rings. The molecule has 0 amide bonds. The molecule has 1 saturated carbocycles. The van der Waals surface area contributed by atoms with Gasteiger partial charge in [0.15, 0.2) is 0 Å². The van der Waals surface area contributed by atoms with Crippen LogP contribution in [0.3, 0.4) is 0 Å². The normalized spacial score (nSPS) is 35.3. The Bertz CT molecular complexity index is 214. The summed E-state index contributed by atoms with van der Waals surface area (Å²) in [6.07, 6.45) is 7.15. The Labute approximate surface area is 106 Å². The molecule has 0 bridgehead atoms. The van der Waals surface area contributed by atoms with Crippen LogP contribution in [0.4, 0.5) is 0 Å². The van der Waals surface area contributed by atoms with E-state index < -0.39 is 0 Å². The Morgan fingerprint density at radius 2 is 1.88 bits per heavy atom. The zero-order valence-electron chi connectivity index (χ0n) is 11.2. The van der Waals surface area contributed by atoms with Gasteiger partial charge in [-0.3, -0.25) is 0 Å². The van der Waals surface area contributed by atoms with Crippen molar-refractivity contribution in [3.8, 4) is 0 Å². The van der Waals surface area contributed by atoms with Gasteiger partial charge < -0.3 is 15.3 Å². The fraction of sp³-hybridized carbons (Fsp3) is 1.00. The summed E-state index contributed by atoms with van der Waals surface area (Å²) in [7, 11) is 2.22. The molecule has 0 spiro atoms. The van der Waals surface area contributed by atoms with Crippen molar-refractivity contribution in [3.63, 3.8) is 0 Å². The Balaban J connectivity index is 1.49. The number of hydrogen-bond donors (Lipinski definition) is 2. The lowest BCUT2D eigenvalue weighted by molar-refractivity contribution is 0.108. The van der Waals surface area contributed by atoms with Gasteiger partial charge in [-0.2, -0.15) is 0 Å². The molecule has 1 aliphatic heterocycles. The van der Waals surface area contributed by atoms with Crippen LogP contribution in [0.25, 0.3) is 0 Å². The van der Waals surface area contributed by atoms with Crippen LogP contribution in [-0.2, 0) is 0 Å². The molecule has 2 rings (SSSR count). The highest BCUT2D eigenvalue weighted by atomic mass is 16.3. The van der Waals surface area contributed by atoms with Crippen LogP contribution < -0.4 is 5.32 Å². The van der Waals surface area contributed by atoms with Gasteiger partial charge in [-0.1, -0.05) is 0 Å². The van der Waals surface area contributed by atoms with Crippen LogP contribution in [0, 0.1) is 11.8 Å². The van der Waals surface area contributed by atoms with E-state index in [1.54, 1.807) is 0 Å². The molecule has 0 radical (unpaired) electrons. The van der Waals surface area contributed by atoms with E-state index in [0.717, 1.165) is 31.2 Å². The van der Waals surface area contributed by atoms with Crippen molar-refractivity contribution >= 4 is 0 Å². The van der Waals surface area contributed by atoms with E-state index in [1.165, 1.54) is 45.3 Å². The molecule has 3 heteroatoms. The van der Waals surface area contributed by atoms with Crippen molar-refractivity contribution in [1.29, 1.82) is 0 Å². The molecule has 1 saturated heterocycles. The van der Waals surface area contributed by atoms with Gasteiger partial charge in [0.2, 0.25) is 0 Å². The molecule has 1 heterocycles. The first-order valence-electron chi connectivity index (χ1n) is 7.31. The van der Waals surface area contributed by atoms with Crippen molar-refractivity contribution in [2.45, 2.75) is 44.6 Å². The highest BCUT2D eigenvalue weighted by molar-refractivity contribution is 4.75. The zero-order valence-corrected chi connectivity index (χ0v) is 11.2. The van der Waals surface area contributed by atoms with Gasteiger partial charge in [0.1, 0.15) is 0 Å². The Morgan fingerprint density at radius 1 is 1.12 bits per heavy atom. The maximum Gasteiger partial charge on any atom is 0.0540 e. The quantitative estimate of drug-likeness (QED) is 0.714. The number of aliphatic hydroxyl groups excluding tert-OH is 1. The zero-order chi connectivity index (χ0) is 12.1. The second-order valence-corrected chi connectivity index (χ2v) is 6.08. The topological polar surface area (TPSA) is 35.5 Å². The number of likely N-dealkylation sites (tertiary alicyclic amines) is 1. The van der Waals surface area contributed by atoms with Crippen molar-refractivity contribution in [3.05, 3.63) is 0 Å². The molecule has 3 nitrogen and oxygen atoms in total. The third-order valence-electron chi connectivity index (χ3n) is 4.47. The number of hydrogen-bond acceptors (Lipinski definition) is 3. The Morgan fingerprint density at radius 3 is 2.53 bits per heavy atom. The Kier molecular flexibility index (Phi) is 5.26. The molecule has 2 aliphatic rings. The molecule has 17 heavy (non-hydrogen) atoms. The summed E-state index contributed by atoms with van der Waals surface area (Å²) in [6, 6.07) is 0. The van der Waals surface area contributed by atoms with Crippen LogP contribution >= 0.6 is 0 Å². The van der Waals surface area contributed by atoms with Gasteiger partial charge >= 0.3 is 0 Å². The van der Waals surface area contributed by atoms with Crippen molar-refractivity contribution in [1.82, 2.24) is 10.2 Å². The molecule has 1 atom stereocenters. The molecule has 0 aromatic heterocycles. The summed E-state index contributed by atoms with van der Waals surface area (Å²) in [4.78, 5) is 2.44. The summed E-state index contributed by atoms with van der Waals surface area (Å²) in [5.41, 5.74) is 0. The van der Waals surface area contributed by atoms with Crippen LogP contribution in [0.1, 0.15) is 38.5 Å². The Hall–Kier alpha value is -0.120. The van der Waals surface area contributed by atoms with Gasteiger partial charge in [-0.05, 0) is 77.0 Å². The average Bonchev–Trinajstić information content (AvgIpc) is 2.73. The van der Waals surface area contributed by atoms with Gasteiger partial charge in [-0.15, -0.1) is 0 Å². The van der Waals surface area contributed by atoms with E-state index in [2.05, 4.69) is 17.3 Å². The van der Waals surface area contributed by atoms with Crippen molar-refractivity contribution in [2.24, 2.45) is 11.8 Å². The predicted octanol–water partition coefficient (Wildman–Crippen LogP) is 1.47. The lowest BCUT2D eigenvalue weighted by Gasteiger charge is -2.25. The highest BCUT2D eigenvalue weighted by Gasteiger charge is 2.20. The van der Waals surface area contributed by atoms with Gasteiger partial charge in [0.25, 0.3) is 0 Å². The molecular formula is C14H28N2O. The summed E-state index contributed by atoms with van der Waals surface area (Å²) in [5, 5.41) is 13.1. The van der Waals surface area contributed by atoms with Crippen LogP contribution in [0.5, 0.6) is 0 Å². The van der Waals surface area contributed by atoms with E-state index >= 15 is 0 Å². The van der Waals surface area contributed by atoms with Gasteiger partial charge in [0, 0.05) is 6.54 Å². The third kappa shape index (κ3) is 4.57. The largest absolute Gasteiger partial charge is 0.393 e. The summed E-state index contributed by atoms with van der Waals surface area (Å²) < 4.78 is 0. The summed E-state index contributed by atoms with van der Waals surface area (Å²) in [5.74, 6) is 1.73. The first-order valence-corrected chi connectivity index (χ1v) is 7.31. The van der Waals surface area contributed by atoms with E-state index in [4.69, 9.17) is 0 Å². The highest BCUT2D eigenvalue weighted by Crippen LogP contribution is 2.23. The number of aliphatic hydroxyl groups is 1. The fourth-order valence-corrected chi connectivity index (χ4v) is 3.22. The second-order valence-electron chi connectivity index (χ2n) is 6.08. The van der Waals surface area contributed by atoms with E-state index in [0.29, 0.717) is 0 Å². The van der Waals surface area contributed by atoms with Gasteiger partial charge in [0.05, 0.1) is 6.10 Å². The minimum Gasteiger partial charge on any atom is -0.393 e. The first kappa shape index (κ1) is 13.3. The number of rotatable bonds is 5. The average molecular weight is 240 g/mol. The van der Waals surface area contributed by atoms with E-state index in [-0.39, 0.29) is 6.10 Å². The van der Waals surface area contributed by atoms with Crippen LogP contribution in [0.2, 0.25) is 0 Å². The summed E-state index contributed by atoms with van der Waals surface area (Å²) in [6.45, 7) is 4.91. The molecule has 2 N–H and O–H groups in total. The molecule has 1 unspecified atom stereocenters. The third-order valence-corrected chi connectivity index (χ3v) is 4.47. The number of nitrogens with zero attached hydrogens (tertiary/aromatic N) is 1. The maximum atomic E-state index is 9.44. The molecule has 100 valence electrons. The monoisotopic (exact) mass is 240 g/mol. The second kappa shape index (κ2) is 6.72. The van der Waals surface area contributed by atoms with E-state index in [9.17, 15) is 5.11 Å². The minimum absolute atomic E-state index is 0.0136. The smallest absolute Gasteiger partial charge is 0.0540 e. The van der Waals surface area contributed by atoms with Gasteiger partial charge in [-0.25, -0.2) is 0 Å². The summed E-state index contributed by atoms with van der Waals surface area (Å²) >= 11 is 0. The van der Waals surface area contributed by atoms with Crippen molar-refractivity contribution < 1.29 is 5.11 Å². The fourth-order valence-electron chi connectivity index (χ4n) is 3.22. The van der Waals surface area contributed by atoms with E-state index in [1.807, 2.05) is 0 Å². The SMILES string of the molecule is CN1CCC(CCNCC2CCC(O)CC2)C1. The van der Waals surface area contributed by atoms with Crippen molar-refractivity contribution in [2.75, 3.05) is 33.2 Å². The molecule has 0 aromatic carbocycles. The molecule has 0 aromatic rings. The predicted molar refractivity (Wildman–Crippen MR) is 71.1 cm³/mol. The van der Waals surface area contributed by atoms with Crippen LogP contribution in [0.15, 0.2) is 0 Å². The standard InChI is InChI=1S/C14H28N2O/c1-16-9-7-13(11-16)6-8-15-10-12-2-4-14(17)5-3-12/h12-15,17H,2-11H2,1H3. The maximum absolute atomic E-state index is 9.44. The number of nitrogens with one attached hydrogen (secondary N) is 1. The molecular weight excluding hydrogens is 212 g/mol. The first-order chi connectivity index (χ1) is 8.24.